The highest BCUT2D eigenvalue weighted by atomic mass is 35.5. The average Bonchev–Trinajstić information content (AvgIpc) is 2.89. The Hall–Kier alpha value is -3.26. The van der Waals surface area contributed by atoms with Crippen molar-refractivity contribution in [2.24, 2.45) is 0 Å². The number of amides is 1. The summed E-state index contributed by atoms with van der Waals surface area (Å²) in [5, 5.41) is 3.41. The Kier molecular flexibility index (Phi) is 8.04. The third-order valence-electron chi connectivity index (χ3n) is 5.65. The van der Waals surface area contributed by atoms with Gasteiger partial charge in [-0.2, -0.15) is 0 Å². The summed E-state index contributed by atoms with van der Waals surface area (Å²) in [6.07, 6.45) is 0. The third kappa shape index (κ3) is 6.10. The quantitative estimate of drug-likeness (QED) is 0.246. The lowest BCUT2D eigenvalue weighted by Gasteiger charge is -2.20. The van der Waals surface area contributed by atoms with Crippen LogP contribution in [0.1, 0.15) is 21.5 Å². The summed E-state index contributed by atoms with van der Waals surface area (Å²) in [7, 11) is -2.28. The first-order chi connectivity index (χ1) is 17.2. The van der Waals surface area contributed by atoms with Gasteiger partial charge in [0.05, 0.1) is 10.6 Å². The fourth-order valence-electron chi connectivity index (χ4n) is 3.56. The monoisotopic (exact) mass is 536 g/mol. The molecule has 0 saturated carbocycles. The van der Waals surface area contributed by atoms with Crippen molar-refractivity contribution < 1.29 is 13.2 Å². The zero-order valence-corrected chi connectivity index (χ0v) is 22.2. The van der Waals surface area contributed by atoms with Gasteiger partial charge in [0.1, 0.15) is 0 Å². The SMILES string of the molecule is Cc1cc(CSc2ccccc2)ccc1NC(=O)c1ccc(N(C)S(=O)(=O)c2ccc(Cl)cc2)cc1. The second-order valence-corrected chi connectivity index (χ2v) is 11.6. The normalized spacial score (nSPS) is 11.2. The van der Waals surface area contributed by atoms with Gasteiger partial charge in [0.15, 0.2) is 0 Å². The molecule has 5 nitrogen and oxygen atoms in total. The molecule has 0 aromatic heterocycles. The number of hydrogen-bond donors (Lipinski definition) is 1. The number of anilines is 2. The molecule has 0 aliphatic carbocycles. The summed E-state index contributed by atoms with van der Waals surface area (Å²) in [6, 6.07) is 28.6. The molecule has 36 heavy (non-hydrogen) atoms. The number of carbonyl (C=O) groups is 1. The Morgan fingerprint density at radius 2 is 1.58 bits per heavy atom. The Morgan fingerprint density at radius 3 is 2.22 bits per heavy atom. The van der Waals surface area contributed by atoms with Gasteiger partial charge in [-0.3, -0.25) is 9.10 Å². The minimum Gasteiger partial charge on any atom is -0.322 e. The molecule has 0 heterocycles. The number of aryl methyl sites for hydroxylation is 1. The number of halogens is 1. The van der Waals surface area contributed by atoms with E-state index in [-0.39, 0.29) is 10.8 Å². The van der Waals surface area contributed by atoms with Crippen LogP contribution in [0.3, 0.4) is 0 Å². The van der Waals surface area contributed by atoms with Crippen molar-refractivity contribution in [3.05, 3.63) is 119 Å². The summed E-state index contributed by atoms with van der Waals surface area (Å²) in [5.74, 6) is 0.576. The summed E-state index contributed by atoms with van der Waals surface area (Å²) < 4.78 is 27.0. The van der Waals surface area contributed by atoms with Crippen molar-refractivity contribution in [3.63, 3.8) is 0 Å². The summed E-state index contributed by atoms with van der Waals surface area (Å²) in [4.78, 5) is 14.2. The number of benzene rings is 4. The van der Waals surface area contributed by atoms with Gasteiger partial charge >= 0.3 is 0 Å². The summed E-state index contributed by atoms with van der Waals surface area (Å²) in [5.41, 5.74) is 3.76. The van der Waals surface area contributed by atoms with E-state index in [1.54, 1.807) is 36.0 Å². The Balaban J connectivity index is 1.41. The van der Waals surface area contributed by atoms with E-state index in [4.69, 9.17) is 11.6 Å². The largest absolute Gasteiger partial charge is 0.322 e. The van der Waals surface area contributed by atoms with Crippen LogP contribution in [0.4, 0.5) is 11.4 Å². The Morgan fingerprint density at radius 1 is 0.917 bits per heavy atom. The van der Waals surface area contributed by atoms with Crippen LogP contribution in [0.5, 0.6) is 0 Å². The minimum absolute atomic E-state index is 0.136. The fourth-order valence-corrected chi connectivity index (χ4v) is 5.74. The van der Waals surface area contributed by atoms with Crippen LogP contribution in [-0.2, 0) is 15.8 Å². The van der Waals surface area contributed by atoms with Gasteiger partial charge in [-0.15, -0.1) is 11.8 Å². The predicted molar refractivity (Wildman–Crippen MR) is 149 cm³/mol. The lowest BCUT2D eigenvalue weighted by atomic mass is 10.1. The van der Waals surface area contributed by atoms with Crippen LogP contribution in [0.25, 0.3) is 0 Å². The first-order valence-electron chi connectivity index (χ1n) is 11.2. The van der Waals surface area contributed by atoms with Crippen LogP contribution < -0.4 is 9.62 Å². The van der Waals surface area contributed by atoms with Gasteiger partial charge in [0.25, 0.3) is 15.9 Å². The van der Waals surface area contributed by atoms with E-state index in [1.165, 1.54) is 46.1 Å². The molecular weight excluding hydrogens is 512 g/mol. The molecule has 4 aromatic carbocycles. The minimum atomic E-state index is -3.75. The summed E-state index contributed by atoms with van der Waals surface area (Å²) >= 11 is 7.63. The van der Waals surface area contributed by atoms with Gasteiger partial charge in [-0.1, -0.05) is 41.9 Å². The molecule has 0 fully saturated rings. The number of hydrogen-bond acceptors (Lipinski definition) is 4. The van der Waals surface area contributed by atoms with E-state index in [9.17, 15) is 13.2 Å². The van der Waals surface area contributed by atoms with E-state index in [2.05, 4.69) is 23.5 Å². The molecule has 1 N–H and O–H groups in total. The highest BCUT2D eigenvalue weighted by Gasteiger charge is 2.21. The number of nitrogens with one attached hydrogen (secondary N) is 1. The van der Waals surface area contributed by atoms with Crippen LogP contribution in [0.2, 0.25) is 5.02 Å². The molecule has 0 spiro atoms. The molecule has 0 atom stereocenters. The molecule has 0 bridgehead atoms. The number of rotatable bonds is 8. The molecule has 0 unspecified atom stereocenters. The number of sulfonamides is 1. The van der Waals surface area contributed by atoms with Crippen LogP contribution in [0.15, 0.2) is 107 Å². The fraction of sp³-hybridized carbons (Fsp3) is 0.107. The number of nitrogens with zero attached hydrogens (tertiary/aromatic N) is 1. The van der Waals surface area contributed by atoms with Gasteiger partial charge in [0, 0.05) is 34.0 Å². The lowest BCUT2D eigenvalue weighted by Crippen LogP contribution is -2.26. The second kappa shape index (κ2) is 11.2. The van der Waals surface area contributed by atoms with E-state index in [0.29, 0.717) is 16.3 Å². The molecule has 1 amide bonds. The molecule has 0 radical (unpaired) electrons. The zero-order chi connectivity index (χ0) is 25.7. The number of thioether (sulfide) groups is 1. The Bertz CT molecular complexity index is 1460. The van der Waals surface area contributed by atoms with E-state index >= 15 is 0 Å². The van der Waals surface area contributed by atoms with E-state index < -0.39 is 10.0 Å². The lowest BCUT2D eigenvalue weighted by molar-refractivity contribution is 0.102. The van der Waals surface area contributed by atoms with Gasteiger partial charge in [-0.25, -0.2) is 8.42 Å². The van der Waals surface area contributed by atoms with Gasteiger partial charge in [0.2, 0.25) is 0 Å². The Labute approximate surface area is 221 Å². The topological polar surface area (TPSA) is 66.5 Å². The van der Waals surface area contributed by atoms with E-state index in [1.807, 2.05) is 37.3 Å². The maximum Gasteiger partial charge on any atom is 0.264 e. The van der Waals surface area contributed by atoms with Crippen molar-refractivity contribution in [2.75, 3.05) is 16.7 Å². The predicted octanol–water partition coefficient (Wildman–Crippen LogP) is 7.02. The first-order valence-corrected chi connectivity index (χ1v) is 14.0. The van der Waals surface area contributed by atoms with Crippen molar-refractivity contribution >= 4 is 50.7 Å². The molecule has 8 heteroatoms. The summed E-state index contributed by atoms with van der Waals surface area (Å²) in [6.45, 7) is 1.96. The standard InChI is InChI=1S/C28H25ClN2O3S2/c1-20-18-21(19-35-25-6-4-3-5-7-25)8-17-27(20)30-28(32)22-9-13-24(14-10-22)31(2)36(33,34)26-15-11-23(29)12-16-26/h3-18H,19H2,1-2H3,(H,30,32). The number of carbonyl (C=O) groups excluding carboxylic acids is 1. The van der Waals surface area contributed by atoms with Crippen molar-refractivity contribution in [2.45, 2.75) is 22.5 Å². The first kappa shape index (κ1) is 25.8. The molecule has 0 aliphatic rings. The maximum atomic E-state index is 12.9. The molecule has 184 valence electrons. The van der Waals surface area contributed by atoms with Crippen molar-refractivity contribution in [3.8, 4) is 0 Å². The highest BCUT2D eigenvalue weighted by molar-refractivity contribution is 7.98. The van der Waals surface area contributed by atoms with Crippen LogP contribution in [-0.4, -0.2) is 21.4 Å². The average molecular weight is 537 g/mol. The van der Waals surface area contributed by atoms with Crippen molar-refractivity contribution in [1.29, 1.82) is 0 Å². The molecule has 4 rings (SSSR count). The van der Waals surface area contributed by atoms with Crippen molar-refractivity contribution in [1.82, 2.24) is 0 Å². The van der Waals surface area contributed by atoms with Crippen LogP contribution >= 0.6 is 23.4 Å². The van der Waals surface area contributed by atoms with Gasteiger partial charge < -0.3 is 5.32 Å². The maximum absolute atomic E-state index is 12.9. The highest BCUT2D eigenvalue weighted by Crippen LogP contribution is 2.26. The van der Waals surface area contributed by atoms with E-state index in [0.717, 1.165) is 17.0 Å². The molecule has 0 saturated heterocycles. The van der Waals surface area contributed by atoms with Crippen LogP contribution in [0, 0.1) is 6.92 Å². The third-order valence-corrected chi connectivity index (χ3v) is 8.79. The van der Waals surface area contributed by atoms with Gasteiger partial charge in [-0.05, 0) is 84.8 Å². The smallest absolute Gasteiger partial charge is 0.264 e. The zero-order valence-electron chi connectivity index (χ0n) is 19.8. The molecular formula is C28H25ClN2O3S2. The molecule has 4 aromatic rings. The molecule has 0 aliphatic heterocycles. The second-order valence-electron chi connectivity index (χ2n) is 8.18.